The molecule has 0 saturated carbocycles. The predicted molar refractivity (Wildman–Crippen MR) is 127 cm³/mol. The molecule has 0 bridgehead atoms. The van der Waals surface area contributed by atoms with Crippen LogP contribution in [0.4, 0.5) is 4.79 Å². The zero-order chi connectivity index (χ0) is 24.2. The first kappa shape index (κ1) is 23.9. The number of imidazole rings is 1. The van der Waals surface area contributed by atoms with E-state index in [9.17, 15) is 9.90 Å². The summed E-state index contributed by atoms with van der Waals surface area (Å²) in [7, 11) is 1.89. The van der Waals surface area contributed by atoms with Gasteiger partial charge in [-0.2, -0.15) is 10.4 Å². The smallest absolute Gasteiger partial charge is 0.335 e. The first-order valence-electron chi connectivity index (χ1n) is 10.7. The van der Waals surface area contributed by atoms with Gasteiger partial charge in [0, 0.05) is 31.0 Å². The van der Waals surface area contributed by atoms with Crippen LogP contribution in [-0.2, 0) is 13.5 Å². The molecule has 2 heterocycles. The summed E-state index contributed by atoms with van der Waals surface area (Å²) in [4.78, 5) is 20.9. The molecule has 2 amide bonds. The lowest BCUT2D eigenvalue weighted by Gasteiger charge is -2.21. The van der Waals surface area contributed by atoms with Gasteiger partial charge in [-0.15, -0.1) is 0 Å². The standard InChI is InChI=1S/C24H29N7O2/c1-16-10-20-19(11-17(16)6-5-8-25)18(12-21(29-20)22-14-27-15-30(22)4)13-28-31(23(26)32)9-7-24(2,3)33/h10-15,33H,5-7,9H2,1-4H3,(H2,26,32)/b28-13+. The molecule has 33 heavy (non-hydrogen) atoms. The Kier molecular flexibility index (Phi) is 7.09. The van der Waals surface area contributed by atoms with Crippen LogP contribution in [0.2, 0.25) is 0 Å². The maximum absolute atomic E-state index is 11.9. The number of benzene rings is 1. The van der Waals surface area contributed by atoms with Crippen molar-refractivity contribution in [2.24, 2.45) is 17.9 Å². The second kappa shape index (κ2) is 9.79. The summed E-state index contributed by atoms with van der Waals surface area (Å²) in [5.74, 6) is 0. The normalized spacial score (nSPS) is 11.8. The number of nitrogens with zero attached hydrogens (tertiary/aromatic N) is 6. The quantitative estimate of drug-likeness (QED) is 0.404. The maximum Gasteiger partial charge on any atom is 0.335 e. The number of aliphatic hydroxyl groups is 1. The number of aromatic nitrogens is 3. The number of pyridine rings is 1. The number of hydrazone groups is 1. The van der Waals surface area contributed by atoms with Crippen LogP contribution in [0.25, 0.3) is 22.3 Å². The summed E-state index contributed by atoms with van der Waals surface area (Å²) < 4.78 is 1.88. The number of rotatable bonds is 8. The van der Waals surface area contributed by atoms with Crippen LogP contribution in [0.5, 0.6) is 0 Å². The minimum absolute atomic E-state index is 0.180. The van der Waals surface area contributed by atoms with Gasteiger partial charge >= 0.3 is 6.03 Å². The summed E-state index contributed by atoms with van der Waals surface area (Å²) >= 11 is 0. The van der Waals surface area contributed by atoms with E-state index in [2.05, 4.69) is 16.2 Å². The molecule has 0 aliphatic heterocycles. The number of hydrogen-bond acceptors (Lipinski definition) is 6. The van der Waals surface area contributed by atoms with E-state index < -0.39 is 11.6 Å². The molecule has 3 aromatic rings. The lowest BCUT2D eigenvalue weighted by atomic mass is 9.98. The zero-order valence-electron chi connectivity index (χ0n) is 19.4. The lowest BCUT2D eigenvalue weighted by Crippen LogP contribution is -2.35. The fourth-order valence-electron chi connectivity index (χ4n) is 3.49. The molecule has 1 aromatic carbocycles. The van der Waals surface area contributed by atoms with Crippen molar-refractivity contribution < 1.29 is 9.90 Å². The Morgan fingerprint density at radius 1 is 1.39 bits per heavy atom. The van der Waals surface area contributed by atoms with Gasteiger partial charge in [-0.25, -0.2) is 19.8 Å². The highest BCUT2D eigenvalue weighted by Gasteiger charge is 2.17. The number of nitriles is 1. The molecule has 0 aliphatic rings. The summed E-state index contributed by atoms with van der Waals surface area (Å²) in [5, 5.41) is 25.3. The average Bonchev–Trinajstić information content (AvgIpc) is 3.16. The second-order valence-electron chi connectivity index (χ2n) is 8.71. The van der Waals surface area contributed by atoms with Crippen molar-refractivity contribution in [2.45, 2.75) is 45.6 Å². The number of hydrogen-bond donors (Lipinski definition) is 2. The Morgan fingerprint density at radius 2 is 2.15 bits per heavy atom. The van der Waals surface area contributed by atoms with Gasteiger partial charge in [-0.05, 0) is 62.9 Å². The van der Waals surface area contributed by atoms with Gasteiger partial charge in [-0.3, -0.25) is 0 Å². The number of amides is 2. The molecule has 172 valence electrons. The maximum atomic E-state index is 11.9. The first-order valence-corrected chi connectivity index (χ1v) is 10.7. The number of carbonyl (C=O) groups is 1. The number of carbonyl (C=O) groups excluding carboxylic acids is 1. The molecule has 0 fully saturated rings. The molecule has 2 aromatic heterocycles. The van der Waals surface area contributed by atoms with Gasteiger partial charge in [0.05, 0.1) is 47.3 Å². The highest BCUT2D eigenvalue weighted by atomic mass is 16.3. The minimum Gasteiger partial charge on any atom is -0.390 e. The van der Waals surface area contributed by atoms with E-state index in [1.165, 1.54) is 0 Å². The largest absolute Gasteiger partial charge is 0.390 e. The van der Waals surface area contributed by atoms with Gasteiger partial charge in [0.15, 0.2) is 0 Å². The van der Waals surface area contributed by atoms with E-state index >= 15 is 0 Å². The van der Waals surface area contributed by atoms with E-state index in [0.29, 0.717) is 19.3 Å². The highest BCUT2D eigenvalue weighted by Crippen LogP contribution is 2.27. The second-order valence-corrected chi connectivity index (χ2v) is 8.71. The van der Waals surface area contributed by atoms with Crippen LogP contribution >= 0.6 is 0 Å². The van der Waals surface area contributed by atoms with E-state index in [-0.39, 0.29) is 6.54 Å². The summed E-state index contributed by atoms with van der Waals surface area (Å²) in [5.41, 5.74) is 9.75. The fraction of sp³-hybridized carbons (Fsp3) is 0.375. The molecule has 9 nitrogen and oxygen atoms in total. The Hall–Kier alpha value is -3.77. The van der Waals surface area contributed by atoms with Crippen LogP contribution in [0, 0.1) is 18.3 Å². The molecule has 3 rings (SSSR count). The summed E-state index contributed by atoms with van der Waals surface area (Å²) in [6.07, 6.45) is 6.41. The van der Waals surface area contributed by atoms with Crippen molar-refractivity contribution in [3.8, 4) is 17.5 Å². The lowest BCUT2D eigenvalue weighted by molar-refractivity contribution is 0.0624. The first-order chi connectivity index (χ1) is 15.6. The van der Waals surface area contributed by atoms with E-state index in [0.717, 1.165) is 44.0 Å². The number of fused-ring (bicyclic) bond motifs is 1. The summed E-state index contributed by atoms with van der Waals surface area (Å²) in [6.45, 7) is 5.51. The van der Waals surface area contributed by atoms with E-state index in [4.69, 9.17) is 16.0 Å². The number of nitrogens with two attached hydrogens (primary N) is 1. The predicted octanol–water partition coefficient (Wildman–Crippen LogP) is 3.28. The van der Waals surface area contributed by atoms with Gasteiger partial charge in [-0.1, -0.05) is 0 Å². The van der Waals surface area contributed by atoms with Crippen LogP contribution in [-0.4, -0.2) is 49.0 Å². The van der Waals surface area contributed by atoms with E-state index in [1.807, 2.05) is 36.7 Å². The fourth-order valence-corrected chi connectivity index (χ4v) is 3.49. The monoisotopic (exact) mass is 447 g/mol. The van der Waals surface area contributed by atoms with Crippen molar-refractivity contribution in [1.29, 1.82) is 5.26 Å². The molecule has 0 aliphatic carbocycles. The Morgan fingerprint density at radius 3 is 2.76 bits per heavy atom. The highest BCUT2D eigenvalue weighted by molar-refractivity contribution is 6.00. The zero-order valence-corrected chi connectivity index (χ0v) is 19.4. The molecular weight excluding hydrogens is 418 g/mol. The minimum atomic E-state index is -0.952. The topological polar surface area (TPSA) is 133 Å². The Balaban J connectivity index is 2.11. The summed E-state index contributed by atoms with van der Waals surface area (Å²) in [6, 6.07) is 7.40. The van der Waals surface area contributed by atoms with Gasteiger partial charge in [0.2, 0.25) is 0 Å². The molecule has 0 spiro atoms. The SMILES string of the molecule is Cc1cc2nc(-c3cncn3C)cc(/C=N/N(CCC(C)(C)O)C(N)=O)c2cc1CCC#N. The third-order valence-electron chi connectivity index (χ3n) is 5.41. The Labute approximate surface area is 193 Å². The van der Waals surface area contributed by atoms with Crippen LogP contribution in [0.3, 0.4) is 0 Å². The van der Waals surface area contributed by atoms with Crippen molar-refractivity contribution in [3.63, 3.8) is 0 Å². The molecular formula is C24H29N7O2. The molecule has 9 heteroatoms. The van der Waals surface area contributed by atoms with Gasteiger partial charge in [0.1, 0.15) is 0 Å². The van der Waals surface area contributed by atoms with E-state index in [1.54, 1.807) is 32.6 Å². The molecule has 0 radical (unpaired) electrons. The third kappa shape index (κ3) is 5.93. The number of urea groups is 1. The van der Waals surface area contributed by atoms with Gasteiger partial charge < -0.3 is 15.4 Å². The van der Waals surface area contributed by atoms with Crippen molar-refractivity contribution in [1.82, 2.24) is 19.5 Å². The van der Waals surface area contributed by atoms with Crippen LogP contribution in [0.1, 0.15) is 43.4 Å². The number of aryl methyl sites for hydroxylation is 3. The van der Waals surface area contributed by atoms with Crippen LogP contribution in [0.15, 0.2) is 35.8 Å². The average molecular weight is 448 g/mol. The van der Waals surface area contributed by atoms with Crippen molar-refractivity contribution >= 4 is 23.1 Å². The molecule has 0 atom stereocenters. The van der Waals surface area contributed by atoms with Crippen LogP contribution < -0.4 is 5.73 Å². The van der Waals surface area contributed by atoms with Crippen molar-refractivity contribution in [2.75, 3.05) is 6.54 Å². The molecule has 3 N–H and O–H groups in total. The Bertz CT molecular complexity index is 1230. The number of primary amides is 1. The molecule has 0 unspecified atom stereocenters. The molecule has 0 saturated heterocycles. The third-order valence-corrected chi connectivity index (χ3v) is 5.41. The van der Waals surface area contributed by atoms with Crippen molar-refractivity contribution in [3.05, 3.63) is 47.4 Å². The van der Waals surface area contributed by atoms with Gasteiger partial charge in [0.25, 0.3) is 0 Å².